The normalized spacial score (nSPS) is 16.6. The molecule has 3 aromatic heterocycles. The molecule has 248 valence electrons. The van der Waals surface area contributed by atoms with Crippen molar-refractivity contribution in [3.05, 3.63) is 174 Å². The third kappa shape index (κ3) is 4.93. The summed E-state index contributed by atoms with van der Waals surface area (Å²) in [5.74, 6) is 0.0571. The minimum Gasteiger partial charge on any atom is -0.311 e. The van der Waals surface area contributed by atoms with Crippen LogP contribution in [0.15, 0.2) is 151 Å². The molecule has 10 rings (SSSR count). The molecule has 7 aromatic rings. The van der Waals surface area contributed by atoms with Crippen molar-refractivity contribution in [3.63, 3.8) is 0 Å². The van der Waals surface area contributed by atoms with Crippen LogP contribution in [0.2, 0.25) is 0 Å². The Hall–Kier alpha value is -6.44. The van der Waals surface area contributed by atoms with Gasteiger partial charge < -0.3 is 9.13 Å². The molecule has 0 bridgehead atoms. The van der Waals surface area contributed by atoms with E-state index in [9.17, 15) is 5.26 Å². The Morgan fingerprint density at radius 1 is 0.673 bits per heavy atom. The molecule has 0 saturated carbocycles. The summed E-state index contributed by atoms with van der Waals surface area (Å²) >= 11 is 0. The monoisotopic (exact) mass is 668 g/mol. The van der Waals surface area contributed by atoms with Crippen molar-refractivity contribution >= 4 is 44.4 Å². The molecule has 3 heterocycles. The minimum atomic E-state index is 0.0571. The summed E-state index contributed by atoms with van der Waals surface area (Å²) in [4.78, 5) is 5.34. The highest BCUT2D eigenvalue weighted by molar-refractivity contribution is 6.19. The van der Waals surface area contributed by atoms with Crippen molar-refractivity contribution in [2.24, 2.45) is 0 Å². The zero-order chi connectivity index (χ0) is 34.6. The standard InChI is InChI=1S/C48H36N4/c49-31-32-13-11-16-34(27-32)43-29-36(33-14-3-1-4-15-33)30-44(50-43)35-17-12-20-38(28-35)52-46-24-10-8-22-40(46)42-26-25-41-39-21-7-9-23-45(39)51(47(41)48(42)52)37-18-5-2-6-19-37/h1-3,5-9,11-14,17-23,25-30,34H,4,10,15-16,24H2. The Morgan fingerprint density at radius 3 is 2.38 bits per heavy atom. The van der Waals surface area contributed by atoms with Gasteiger partial charge in [0.15, 0.2) is 0 Å². The van der Waals surface area contributed by atoms with E-state index >= 15 is 0 Å². The lowest BCUT2D eigenvalue weighted by Gasteiger charge is -2.19. The SMILES string of the molecule is N#CC1=CC(c2cc(C3=CC=CCC3)cc(-c3cccc(-n4c5c(c6ccc7c8ccccc8n(-c8ccccc8)c7c64)C=CCC5)c3)n2)CC=C1. The Labute approximate surface area is 303 Å². The molecule has 3 aliphatic rings. The van der Waals surface area contributed by atoms with E-state index in [1.54, 1.807) is 0 Å². The zero-order valence-electron chi connectivity index (χ0n) is 28.8. The molecule has 1 unspecified atom stereocenters. The van der Waals surface area contributed by atoms with Crippen molar-refractivity contribution in [2.75, 3.05) is 0 Å². The molecule has 0 radical (unpaired) electrons. The number of nitrogens with zero attached hydrogens (tertiary/aromatic N) is 4. The number of rotatable bonds is 5. The summed E-state index contributed by atoms with van der Waals surface area (Å²) < 4.78 is 4.99. The van der Waals surface area contributed by atoms with Crippen LogP contribution in [0.25, 0.3) is 67.0 Å². The smallest absolute Gasteiger partial charge is 0.0988 e. The van der Waals surface area contributed by atoms with Crippen LogP contribution in [0, 0.1) is 11.3 Å². The Bertz CT molecular complexity index is 2770. The average Bonchev–Trinajstić information content (AvgIpc) is 3.75. The van der Waals surface area contributed by atoms with E-state index in [-0.39, 0.29) is 5.92 Å². The van der Waals surface area contributed by atoms with Crippen LogP contribution in [0.4, 0.5) is 0 Å². The number of pyridine rings is 1. The number of para-hydroxylation sites is 2. The molecular formula is C48H36N4. The summed E-state index contributed by atoms with van der Waals surface area (Å²) in [5, 5.41) is 13.5. The number of aromatic nitrogens is 3. The maximum absolute atomic E-state index is 9.70. The van der Waals surface area contributed by atoms with E-state index in [2.05, 4.69) is 161 Å². The fourth-order valence-corrected chi connectivity index (χ4v) is 8.56. The topological polar surface area (TPSA) is 46.5 Å². The zero-order valence-corrected chi connectivity index (χ0v) is 28.8. The number of benzene rings is 4. The molecule has 0 saturated heterocycles. The van der Waals surface area contributed by atoms with Gasteiger partial charge in [-0.1, -0.05) is 103 Å². The summed E-state index contributed by atoms with van der Waals surface area (Å²) in [6.45, 7) is 0. The van der Waals surface area contributed by atoms with E-state index < -0.39 is 0 Å². The van der Waals surface area contributed by atoms with Gasteiger partial charge in [0.1, 0.15) is 0 Å². The van der Waals surface area contributed by atoms with Gasteiger partial charge >= 0.3 is 0 Å². The first-order chi connectivity index (χ1) is 25.7. The van der Waals surface area contributed by atoms with E-state index in [0.29, 0.717) is 5.57 Å². The van der Waals surface area contributed by atoms with E-state index in [0.717, 1.165) is 60.4 Å². The van der Waals surface area contributed by atoms with Crippen LogP contribution >= 0.6 is 0 Å². The Balaban J connectivity index is 1.22. The van der Waals surface area contributed by atoms with Crippen LogP contribution in [-0.2, 0) is 6.42 Å². The molecule has 0 spiro atoms. The van der Waals surface area contributed by atoms with Gasteiger partial charge in [-0.15, -0.1) is 0 Å². The quantitative estimate of drug-likeness (QED) is 0.183. The van der Waals surface area contributed by atoms with Crippen molar-refractivity contribution < 1.29 is 0 Å². The minimum absolute atomic E-state index is 0.0571. The second-order valence-electron chi connectivity index (χ2n) is 14.0. The third-order valence-corrected chi connectivity index (χ3v) is 11.0. The molecule has 4 nitrogen and oxygen atoms in total. The molecule has 0 aliphatic heterocycles. The lowest BCUT2D eigenvalue weighted by atomic mass is 9.89. The van der Waals surface area contributed by atoms with E-state index in [1.165, 1.54) is 55.1 Å². The Kier molecular flexibility index (Phi) is 7.25. The van der Waals surface area contributed by atoms with Crippen LogP contribution in [0.1, 0.15) is 54.1 Å². The van der Waals surface area contributed by atoms with Crippen LogP contribution in [-0.4, -0.2) is 14.1 Å². The van der Waals surface area contributed by atoms with Crippen LogP contribution in [0.5, 0.6) is 0 Å². The molecule has 1 atom stereocenters. The number of hydrogen-bond donors (Lipinski definition) is 0. The molecule has 0 N–H and O–H groups in total. The first kappa shape index (κ1) is 30.4. The lowest BCUT2D eigenvalue weighted by Crippen LogP contribution is -2.06. The van der Waals surface area contributed by atoms with Crippen molar-refractivity contribution in [3.8, 4) is 28.7 Å². The Morgan fingerprint density at radius 2 is 1.50 bits per heavy atom. The average molecular weight is 669 g/mol. The molecule has 3 aliphatic carbocycles. The predicted molar refractivity (Wildman–Crippen MR) is 215 cm³/mol. The maximum Gasteiger partial charge on any atom is 0.0988 e. The van der Waals surface area contributed by atoms with Gasteiger partial charge in [-0.25, -0.2) is 0 Å². The fourth-order valence-electron chi connectivity index (χ4n) is 8.56. The number of nitriles is 1. The molecule has 4 heteroatoms. The van der Waals surface area contributed by atoms with Gasteiger partial charge in [0, 0.05) is 61.5 Å². The molecule has 0 amide bonds. The first-order valence-corrected chi connectivity index (χ1v) is 18.3. The summed E-state index contributed by atoms with van der Waals surface area (Å²) in [6.07, 6.45) is 22.2. The van der Waals surface area contributed by atoms with Crippen LogP contribution in [0.3, 0.4) is 0 Å². The molecule has 52 heavy (non-hydrogen) atoms. The fraction of sp³-hybridized carbons (Fsp3) is 0.125. The summed E-state index contributed by atoms with van der Waals surface area (Å²) in [6, 6.07) is 40.0. The molecule has 4 aromatic carbocycles. The van der Waals surface area contributed by atoms with Gasteiger partial charge in [-0.3, -0.25) is 4.98 Å². The first-order valence-electron chi connectivity index (χ1n) is 18.3. The second-order valence-corrected chi connectivity index (χ2v) is 14.0. The van der Waals surface area contributed by atoms with Gasteiger partial charge in [-0.2, -0.15) is 5.26 Å². The maximum atomic E-state index is 9.70. The van der Waals surface area contributed by atoms with Crippen LogP contribution < -0.4 is 0 Å². The van der Waals surface area contributed by atoms with Crippen molar-refractivity contribution in [2.45, 2.75) is 38.0 Å². The highest BCUT2D eigenvalue weighted by Gasteiger charge is 2.25. The van der Waals surface area contributed by atoms with E-state index in [1.807, 2.05) is 6.08 Å². The van der Waals surface area contributed by atoms with E-state index in [4.69, 9.17) is 4.98 Å². The third-order valence-electron chi connectivity index (χ3n) is 11.0. The van der Waals surface area contributed by atoms with Crippen molar-refractivity contribution in [1.29, 1.82) is 5.26 Å². The van der Waals surface area contributed by atoms with Gasteiger partial charge in [0.05, 0.1) is 28.3 Å². The number of fused-ring (bicyclic) bond motifs is 7. The predicted octanol–water partition coefficient (Wildman–Crippen LogP) is 12.0. The van der Waals surface area contributed by atoms with Gasteiger partial charge in [-0.05, 0) is 91.8 Å². The number of allylic oxidation sites excluding steroid dienone is 9. The number of hydrogen-bond acceptors (Lipinski definition) is 2. The molecular weight excluding hydrogens is 633 g/mol. The lowest BCUT2D eigenvalue weighted by molar-refractivity contribution is 0.811. The summed E-state index contributed by atoms with van der Waals surface area (Å²) in [7, 11) is 0. The largest absolute Gasteiger partial charge is 0.311 e. The highest BCUT2D eigenvalue weighted by Crippen LogP contribution is 2.43. The summed E-state index contributed by atoms with van der Waals surface area (Å²) in [5.41, 5.74) is 14.9. The highest BCUT2D eigenvalue weighted by atomic mass is 15.1. The van der Waals surface area contributed by atoms with Crippen molar-refractivity contribution in [1.82, 2.24) is 14.1 Å². The second kappa shape index (κ2) is 12.4. The molecule has 0 fully saturated rings. The van der Waals surface area contributed by atoms with Gasteiger partial charge in [0.2, 0.25) is 0 Å². The van der Waals surface area contributed by atoms with Gasteiger partial charge in [0.25, 0.3) is 0 Å².